The number of benzene rings is 2. The van der Waals surface area contributed by atoms with Crippen LogP contribution < -0.4 is 15.1 Å². The molecule has 1 atom stereocenters. The molecule has 1 heterocycles. The van der Waals surface area contributed by atoms with Gasteiger partial charge in [-0.15, -0.1) is 5.06 Å². The Hall–Kier alpha value is -4.26. The Morgan fingerprint density at radius 1 is 1.25 bits per heavy atom. The van der Waals surface area contributed by atoms with Gasteiger partial charge in [0.1, 0.15) is 17.5 Å². The van der Waals surface area contributed by atoms with Crippen molar-refractivity contribution in [3.05, 3.63) is 53.6 Å². The van der Waals surface area contributed by atoms with Crippen LogP contribution in [0.5, 0.6) is 11.5 Å². The number of anilines is 1. The Morgan fingerprint density at radius 2 is 2.03 bits per heavy atom. The molecule has 0 aromatic heterocycles. The van der Waals surface area contributed by atoms with Gasteiger partial charge in [-0.3, -0.25) is 9.63 Å². The maximum absolute atomic E-state index is 12.7. The highest BCUT2D eigenvalue weighted by molar-refractivity contribution is 6.01. The molecule has 0 unspecified atom stereocenters. The molecule has 2 aromatic rings. The maximum Gasteiger partial charge on any atom is 0.533 e. The summed E-state index contributed by atoms with van der Waals surface area (Å²) < 4.78 is 10.7. The number of nitrogens with zero attached hydrogens (tertiary/aromatic N) is 2. The maximum atomic E-state index is 12.7. The molecule has 1 aliphatic rings. The largest absolute Gasteiger partial charge is 0.533 e. The number of carboxylic acid groups (broad SMARTS) is 1. The average molecular weight is 439 g/mol. The summed E-state index contributed by atoms with van der Waals surface area (Å²) >= 11 is 0. The fourth-order valence-corrected chi connectivity index (χ4v) is 3.08. The highest BCUT2D eigenvalue weighted by Gasteiger charge is 2.37. The monoisotopic (exact) mass is 439 g/mol. The topological polar surface area (TPSA) is 138 Å². The lowest BCUT2D eigenvalue weighted by Gasteiger charge is -2.31. The van der Waals surface area contributed by atoms with Crippen molar-refractivity contribution in [2.45, 2.75) is 32.2 Å². The molecule has 0 radical (unpaired) electrons. The van der Waals surface area contributed by atoms with Crippen molar-refractivity contribution in [2.24, 2.45) is 0 Å². The molecule has 10 nitrogen and oxygen atoms in total. The first kappa shape index (κ1) is 22.4. The summed E-state index contributed by atoms with van der Waals surface area (Å²) in [5.41, 5.74) is 1.21. The van der Waals surface area contributed by atoms with E-state index in [0.717, 1.165) is 11.5 Å². The number of carbonyl (C=O) groups is 3. The molecule has 10 heteroatoms. The van der Waals surface area contributed by atoms with Crippen LogP contribution in [0.25, 0.3) is 0 Å². The van der Waals surface area contributed by atoms with Crippen molar-refractivity contribution in [3.8, 4) is 17.6 Å². The lowest BCUT2D eigenvalue weighted by atomic mass is 9.98. The molecule has 0 aliphatic carbocycles. The minimum Gasteiger partial charge on any atom is -0.465 e. The van der Waals surface area contributed by atoms with E-state index in [9.17, 15) is 14.4 Å². The van der Waals surface area contributed by atoms with Crippen LogP contribution in [0.4, 0.5) is 15.3 Å². The Labute approximate surface area is 183 Å². The van der Waals surface area contributed by atoms with Crippen LogP contribution in [0.3, 0.4) is 0 Å². The van der Waals surface area contributed by atoms with E-state index in [0.29, 0.717) is 29.0 Å². The summed E-state index contributed by atoms with van der Waals surface area (Å²) in [5.74, 6) is 0.0826. The normalized spacial score (nSPS) is 14.7. The second kappa shape index (κ2) is 10.2. The van der Waals surface area contributed by atoms with Crippen molar-refractivity contribution in [2.75, 3.05) is 11.7 Å². The third-order valence-electron chi connectivity index (χ3n) is 4.57. The average Bonchev–Trinajstić information content (AvgIpc) is 2.76. The number of nitrogens with one attached hydrogen (secondary N) is 1. The molecule has 2 aromatic carbocycles. The Bertz CT molecular complexity index is 1060. The lowest BCUT2D eigenvalue weighted by Crippen LogP contribution is -2.53. The van der Waals surface area contributed by atoms with E-state index in [1.54, 1.807) is 36.4 Å². The van der Waals surface area contributed by atoms with Crippen LogP contribution >= 0.6 is 0 Å². The molecular formula is C22H21N3O7. The first-order valence-electron chi connectivity index (χ1n) is 9.90. The quantitative estimate of drug-likeness (QED) is 0.491. The SMILES string of the molecule is CCCCOC(=O)ON1C(=O)[C@@H](NC(=O)O)Cc2cc(Oc3cccc(C#N)c3)ccc21. The molecule has 0 saturated heterocycles. The van der Waals surface area contributed by atoms with Crippen molar-refractivity contribution in [1.29, 1.82) is 5.26 Å². The highest BCUT2D eigenvalue weighted by atomic mass is 16.8. The van der Waals surface area contributed by atoms with Gasteiger partial charge in [0.25, 0.3) is 5.91 Å². The van der Waals surface area contributed by atoms with Crippen molar-refractivity contribution in [1.82, 2.24) is 5.32 Å². The van der Waals surface area contributed by atoms with Gasteiger partial charge in [0.05, 0.1) is 23.9 Å². The number of hydrogen-bond donors (Lipinski definition) is 2. The van der Waals surface area contributed by atoms with Gasteiger partial charge in [0.2, 0.25) is 0 Å². The summed E-state index contributed by atoms with van der Waals surface area (Å²) in [5, 5.41) is 21.0. The first-order chi connectivity index (χ1) is 15.4. The zero-order valence-corrected chi connectivity index (χ0v) is 17.2. The van der Waals surface area contributed by atoms with E-state index < -0.39 is 24.2 Å². The third-order valence-corrected chi connectivity index (χ3v) is 4.57. The van der Waals surface area contributed by atoms with Gasteiger partial charge in [0, 0.05) is 6.42 Å². The number of unbranched alkanes of at least 4 members (excludes halogenated alkanes) is 1. The van der Waals surface area contributed by atoms with Crippen LogP contribution in [0.15, 0.2) is 42.5 Å². The summed E-state index contributed by atoms with van der Waals surface area (Å²) in [6.07, 6.45) is -0.985. The second-order valence-electron chi connectivity index (χ2n) is 6.91. The van der Waals surface area contributed by atoms with E-state index in [-0.39, 0.29) is 18.7 Å². The van der Waals surface area contributed by atoms with Crippen LogP contribution in [-0.2, 0) is 20.8 Å². The van der Waals surface area contributed by atoms with E-state index in [2.05, 4.69) is 5.32 Å². The van der Waals surface area contributed by atoms with Gasteiger partial charge in [-0.05, 0) is 48.4 Å². The van der Waals surface area contributed by atoms with Crippen molar-refractivity contribution in [3.63, 3.8) is 0 Å². The molecule has 3 rings (SSSR count). The molecule has 166 valence electrons. The minimum absolute atomic E-state index is 0.0284. The Balaban J connectivity index is 1.86. The highest BCUT2D eigenvalue weighted by Crippen LogP contribution is 2.33. The smallest absolute Gasteiger partial charge is 0.465 e. The zero-order chi connectivity index (χ0) is 23.1. The summed E-state index contributed by atoms with van der Waals surface area (Å²) in [6.45, 7) is 2.06. The van der Waals surface area contributed by atoms with Gasteiger partial charge >= 0.3 is 12.2 Å². The van der Waals surface area contributed by atoms with E-state index in [1.807, 2.05) is 13.0 Å². The van der Waals surface area contributed by atoms with Gasteiger partial charge in [-0.25, -0.2) is 9.59 Å². The van der Waals surface area contributed by atoms with Crippen LogP contribution in [0.2, 0.25) is 0 Å². The van der Waals surface area contributed by atoms with Crippen molar-refractivity contribution >= 4 is 23.8 Å². The van der Waals surface area contributed by atoms with Gasteiger partial charge in [-0.1, -0.05) is 19.4 Å². The number of hydroxylamine groups is 1. The minimum atomic E-state index is -1.39. The Morgan fingerprint density at radius 3 is 2.75 bits per heavy atom. The summed E-state index contributed by atoms with van der Waals surface area (Å²) in [4.78, 5) is 41.0. The Kier molecular flexibility index (Phi) is 7.13. The molecule has 32 heavy (non-hydrogen) atoms. The molecule has 2 N–H and O–H groups in total. The van der Waals surface area contributed by atoms with Crippen LogP contribution in [0.1, 0.15) is 30.9 Å². The van der Waals surface area contributed by atoms with E-state index in [1.165, 1.54) is 6.07 Å². The number of ether oxygens (including phenoxy) is 2. The van der Waals surface area contributed by atoms with Crippen LogP contribution in [0, 0.1) is 11.3 Å². The predicted octanol–water partition coefficient (Wildman–Crippen LogP) is 3.74. The fraction of sp³-hybridized carbons (Fsp3) is 0.273. The molecule has 0 saturated carbocycles. The third kappa shape index (κ3) is 5.46. The summed E-state index contributed by atoms with van der Waals surface area (Å²) in [7, 11) is 0. The first-order valence-corrected chi connectivity index (χ1v) is 9.90. The molecular weight excluding hydrogens is 418 g/mol. The number of amides is 2. The summed E-state index contributed by atoms with van der Waals surface area (Å²) in [6, 6.07) is 12.1. The van der Waals surface area contributed by atoms with Crippen LogP contribution in [-0.4, -0.2) is 35.9 Å². The molecule has 0 spiro atoms. The standard InChI is InChI=1S/C22H21N3O7/c1-2-3-9-30-22(29)32-25-19-8-7-17(31-16-6-4-5-14(10-16)13-23)11-15(19)12-18(20(25)26)24-21(27)28/h4-8,10-11,18,24H,2-3,9,12H2,1H3,(H,27,28)/t18-/m0/s1. The molecule has 0 fully saturated rings. The van der Waals surface area contributed by atoms with E-state index >= 15 is 0 Å². The van der Waals surface area contributed by atoms with Gasteiger partial charge in [-0.2, -0.15) is 5.26 Å². The molecule has 1 aliphatic heterocycles. The predicted molar refractivity (Wildman–Crippen MR) is 111 cm³/mol. The van der Waals surface area contributed by atoms with E-state index in [4.69, 9.17) is 24.7 Å². The molecule has 0 bridgehead atoms. The number of nitriles is 1. The second-order valence-corrected chi connectivity index (χ2v) is 6.91. The zero-order valence-electron chi connectivity index (χ0n) is 17.2. The van der Waals surface area contributed by atoms with Crippen molar-refractivity contribution < 1.29 is 33.8 Å². The van der Waals surface area contributed by atoms with Gasteiger partial charge in [0.15, 0.2) is 0 Å². The molecule has 2 amide bonds. The number of rotatable bonds is 7. The number of fused-ring (bicyclic) bond motifs is 1. The lowest BCUT2D eigenvalue weighted by molar-refractivity contribution is -0.127. The number of hydrogen-bond acceptors (Lipinski definition) is 7. The fourth-order valence-electron chi connectivity index (χ4n) is 3.08. The number of carbonyl (C=O) groups excluding carboxylic acids is 2. The van der Waals surface area contributed by atoms with Gasteiger partial charge < -0.3 is 19.9 Å².